The molecular formula is C14H20N4O2S2. The highest BCUT2D eigenvalue weighted by Gasteiger charge is 2.27. The number of sulfonamides is 1. The molecule has 8 heteroatoms. The molecule has 2 aromatic heterocycles. The van der Waals surface area contributed by atoms with E-state index in [1.54, 1.807) is 29.9 Å². The molecule has 0 aliphatic heterocycles. The van der Waals surface area contributed by atoms with Crippen molar-refractivity contribution in [3.8, 4) is 0 Å². The molecular weight excluding hydrogens is 320 g/mol. The van der Waals surface area contributed by atoms with Crippen LogP contribution in [0.25, 0.3) is 0 Å². The lowest BCUT2D eigenvalue weighted by Crippen LogP contribution is -2.24. The van der Waals surface area contributed by atoms with Gasteiger partial charge in [0.25, 0.3) is 0 Å². The number of thiazole rings is 1. The van der Waals surface area contributed by atoms with Crippen LogP contribution in [0.4, 0.5) is 0 Å². The van der Waals surface area contributed by atoms with Crippen molar-refractivity contribution in [2.45, 2.75) is 57.5 Å². The Bertz CT molecular complexity index is 788. The molecule has 0 spiro atoms. The van der Waals surface area contributed by atoms with Crippen molar-refractivity contribution >= 4 is 21.4 Å². The summed E-state index contributed by atoms with van der Waals surface area (Å²) in [5.41, 5.74) is 1.99. The SMILES string of the molecule is CCn1nc(C)c(S(=O)(=O)NCc2csc(C3CC3)n2)c1C. The summed E-state index contributed by atoms with van der Waals surface area (Å²) >= 11 is 1.62. The molecule has 1 aliphatic carbocycles. The number of rotatable bonds is 6. The van der Waals surface area contributed by atoms with E-state index in [9.17, 15) is 8.42 Å². The van der Waals surface area contributed by atoms with Gasteiger partial charge in [-0.05, 0) is 33.6 Å². The van der Waals surface area contributed by atoms with E-state index in [0.29, 0.717) is 23.9 Å². The summed E-state index contributed by atoms with van der Waals surface area (Å²) in [6.07, 6.45) is 2.40. The quantitative estimate of drug-likeness (QED) is 0.875. The maximum atomic E-state index is 12.5. The summed E-state index contributed by atoms with van der Waals surface area (Å²) < 4.78 is 29.4. The second-order valence-corrected chi connectivity index (χ2v) is 8.19. The van der Waals surface area contributed by atoms with Crippen molar-refractivity contribution in [3.05, 3.63) is 27.5 Å². The summed E-state index contributed by atoms with van der Waals surface area (Å²) in [6, 6.07) is 0. The summed E-state index contributed by atoms with van der Waals surface area (Å²) in [7, 11) is -3.57. The van der Waals surface area contributed by atoms with Gasteiger partial charge >= 0.3 is 0 Å². The Balaban J connectivity index is 1.76. The third-order valence-electron chi connectivity index (χ3n) is 3.82. The van der Waals surface area contributed by atoms with Crippen molar-refractivity contribution in [1.82, 2.24) is 19.5 Å². The van der Waals surface area contributed by atoms with Gasteiger partial charge in [0.05, 0.1) is 28.6 Å². The van der Waals surface area contributed by atoms with Crippen molar-refractivity contribution in [3.63, 3.8) is 0 Å². The van der Waals surface area contributed by atoms with Gasteiger partial charge in [-0.3, -0.25) is 4.68 Å². The Morgan fingerprint density at radius 2 is 2.14 bits per heavy atom. The van der Waals surface area contributed by atoms with E-state index in [2.05, 4.69) is 14.8 Å². The van der Waals surface area contributed by atoms with Gasteiger partial charge in [0, 0.05) is 17.8 Å². The molecule has 0 aromatic carbocycles. The Morgan fingerprint density at radius 3 is 2.73 bits per heavy atom. The highest BCUT2D eigenvalue weighted by molar-refractivity contribution is 7.89. The first-order chi connectivity index (χ1) is 10.4. The molecule has 120 valence electrons. The highest BCUT2D eigenvalue weighted by Crippen LogP contribution is 2.41. The minimum absolute atomic E-state index is 0.224. The topological polar surface area (TPSA) is 76.9 Å². The van der Waals surface area contributed by atoms with Gasteiger partial charge in [-0.25, -0.2) is 18.1 Å². The zero-order valence-corrected chi connectivity index (χ0v) is 14.6. The number of nitrogens with one attached hydrogen (secondary N) is 1. The molecule has 0 unspecified atom stereocenters. The fraction of sp³-hybridized carbons (Fsp3) is 0.571. The minimum atomic E-state index is -3.57. The van der Waals surface area contributed by atoms with E-state index < -0.39 is 10.0 Å². The second kappa shape index (κ2) is 5.75. The largest absolute Gasteiger partial charge is 0.268 e. The molecule has 1 saturated carbocycles. The predicted molar refractivity (Wildman–Crippen MR) is 85.5 cm³/mol. The summed E-state index contributed by atoms with van der Waals surface area (Å²) in [5, 5.41) is 7.33. The summed E-state index contributed by atoms with van der Waals surface area (Å²) in [4.78, 5) is 4.79. The van der Waals surface area contributed by atoms with Gasteiger partial charge in [0.15, 0.2) is 0 Å². The number of nitrogens with zero attached hydrogens (tertiary/aromatic N) is 3. The van der Waals surface area contributed by atoms with Crippen molar-refractivity contribution in [2.24, 2.45) is 0 Å². The molecule has 0 atom stereocenters. The molecule has 0 amide bonds. The summed E-state index contributed by atoms with van der Waals surface area (Å²) in [6.45, 7) is 6.33. The van der Waals surface area contributed by atoms with Crippen LogP contribution in [0.3, 0.4) is 0 Å². The Kier molecular flexibility index (Phi) is 4.09. The van der Waals surface area contributed by atoms with Crippen LogP contribution in [0.1, 0.15) is 47.8 Å². The van der Waals surface area contributed by atoms with Gasteiger partial charge in [-0.1, -0.05) is 0 Å². The predicted octanol–water partition coefficient (Wildman–Crippen LogP) is 2.33. The molecule has 3 rings (SSSR count). The molecule has 0 bridgehead atoms. The van der Waals surface area contributed by atoms with Crippen LogP contribution in [-0.2, 0) is 23.1 Å². The highest BCUT2D eigenvalue weighted by atomic mass is 32.2. The molecule has 6 nitrogen and oxygen atoms in total. The number of aromatic nitrogens is 3. The van der Waals surface area contributed by atoms with E-state index in [1.165, 1.54) is 12.8 Å². The molecule has 22 heavy (non-hydrogen) atoms. The normalized spacial score (nSPS) is 15.4. The van der Waals surface area contributed by atoms with E-state index in [1.807, 2.05) is 12.3 Å². The molecule has 0 radical (unpaired) electrons. The average molecular weight is 340 g/mol. The fourth-order valence-corrected chi connectivity index (χ4v) is 4.94. The lowest BCUT2D eigenvalue weighted by atomic mass is 10.4. The Hall–Kier alpha value is -1.25. The van der Waals surface area contributed by atoms with Crippen LogP contribution >= 0.6 is 11.3 Å². The van der Waals surface area contributed by atoms with E-state index >= 15 is 0 Å². The lowest BCUT2D eigenvalue weighted by molar-refractivity contribution is 0.578. The van der Waals surface area contributed by atoms with Crippen molar-refractivity contribution in [2.75, 3.05) is 0 Å². The fourth-order valence-electron chi connectivity index (χ4n) is 2.54. The molecule has 1 N–H and O–H groups in total. The van der Waals surface area contributed by atoms with Crippen LogP contribution in [0.5, 0.6) is 0 Å². The molecule has 2 aromatic rings. The first-order valence-electron chi connectivity index (χ1n) is 7.40. The van der Waals surface area contributed by atoms with Crippen molar-refractivity contribution < 1.29 is 8.42 Å². The first-order valence-corrected chi connectivity index (χ1v) is 9.76. The van der Waals surface area contributed by atoms with Crippen LogP contribution in [0.15, 0.2) is 10.3 Å². The second-order valence-electron chi connectivity index (χ2n) is 5.59. The van der Waals surface area contributed by atoms with Gasteiger partial charge in [0.1, 0.15) is 4.90 Å². The maximum absolute atomic E-state index is 12.5. The molecule has 0 saturated heterocycles. The zero-order chi connectivity index (χ0) is 15.9. The zero-order valence-electron chi connectivity index (χ0n) is 13.0. The van der Waals surface area contributed by atoms with E-state index in [0.717, 1.165) is 10.7 Å². The van der Waals surface area contributed by atoms with Crippen LogP contribution in [0, 0.1) is 13.8 Å². The number of aryl methyl sites for hydroxylation is 2. The Morgan fingerprint density at radius 1 is 1.41 bits per heavy atom. The number of hydrogen-bond acceptors (Lipinski definition) is 5. The smallest absolute Gasteiger partial charge is 0.244 e. The minimum Gasteiger partial charge on any atom is -0.268 e. The third kappa shape index (κ3) is 2.95. The Labute approximate surface area is 134 Å². The van der Waals surface area contributed by atoms with Crippen LogP contribution in [0.2, 0.25) is 0 Å². The standard InChI is InChI=1S/C14H20N4O2S2/c1-4-18-10(3)13(9(2)17-18)22(19,20)15-7-12-8-21-14(16-12)11-5-6-11/h8,11,15H,4-7H2,1-3H3. The van der Waals surface area contributed by atoms with Gasteiger partial charge in [0.2, 0.25) is 10.0 Å². The van der Waals surface area contributed by atoms with Gasteiger partial charge in [-0.2, -0.15) is 5.10 Å². The van der Waals surface area contributed by atoms with E-state index in [-0.39, 0.29) is 11.4 Å². The monoisotopic (exact) mass is 340 g/mol. The average Bonchev–Trinajstić information content (AvgIpc) is 3.13. The van der Waals surface area contributed by atoms with Crippen LogP contribution in [-0.4, -0.2) is 23.2 Å². The van der Waals surface area contributed by atoms with Gasteiger partial charge < -0.3 is 0 Å². The van der Waals surface area contributed by atoms with Crippen molar-refractivity contribution in [1.29, 1.82) is 0 Å². The maximum Gasteiger partial charge on any atom is 0.244 e. The molecule has 1 aliphatic rings. The number of hydrogen-bond donors (Lipinski definition) is 1. The summed E-state index contributed by atoms with van der Waals surface area (Å²) in [5.74, 6) is 0.600. The molecule has 2 heterocycles. The lowest BCUT2D eigenvalue weighted by Gasteiger charge is -2.06. The first kappa shape index (κ1) is 15.6. The third-order valence-corrected chi connectivity index (χ3v) is 6.53. The van der Waals surface area contributed by atoms with Gasteiger partial charge in [-0.15, -0.1) is 11.3 Å². The van der Waals surface area contributed by atoms with Crippen LogP contribution < -0.4 is 4.72 Å². The molecule has 1 fully saturated rings. The van der Waals surface area contributed by atoms with E-state index in [4.69, 9.17) is 0 Å².